The van der Waals surface area contributed by atoms with Crippen LogP contribution in [0, 0.1) is 6.92 Å². The number of carbonyl (C=O) groups is 2. The van der Waals surface area contributed by atoms with Gasteiger partial charge < -0.3 is 46.0 Å². The van der Waals surface area contributed by atoms with Crippen LogP contribution in [0.3, 0.4) is 0 Å². The Balaban J connectivity index is 1.26. The fourth-order valence-electron chi connectivity index (χ4n) is 4.97. The third kappa shape index (κ3) is 16.6. The second-order valence-corrected chi connectivity index (χ2v) is 16.9. The number of hydrogen-bond acceptors (Lipinski definition) is 17. The number of H-pyrrole nitrogens is 1. The first-order chi connectivity index (χ1) is 25.8. The van der Waals surface area contributed by atoms with Crippen molar-refractivity contribution < 1.29 is 70.6 Å². The number of amides is 2. The fraction of sp³-hybridized carbons (Fsp3) is 0.704. The van der Waals surface area contributed by atoms with Crippen LogP contribution in [0.4, 0.5) is 0 Å². The number of hydrogen-bond donors (Lipinski definition) is 9. The van der Waals surface area contributed by atoms with Crippen LogP contribution >= 0.6 is 23.5 Å². The molecule has 1 aliphatic heterocycles. The van der Waals surface area contributed by atoms with E-state index in [1.807, 2.05) is 0 Å². The van der Waals surface area contributed by atoms with Crippen molar-refractivity contribution in [3.8, 4) is 0 Å². The highest BCUT2D eigenvalue weighted by Gasteiger charge is 2.44. The normalized spacial score (nSPS) is 21.0. The van der Waals surface area contributed by atoms with Crippen molar-refractivity contribution in [2.24, 2.45) is 5.73 Å². The minimum absolute atomic E-state index is 0.0983. The maximum absolute atomic E-state index is 12.3. The van der Waals surface area contributed by atoms with Gasteiger partial charge in [-0.25, -0.2) is 18.5 Å². The highest BCUT2D eigenvalue weighted by molar-refractivity contribution is 7.66. The van der Waals surface area contributed by atoms with Gasteiger partial charge >= 0.3 is 29.2 Å². The third-order valence-corrected chi connectivity index (χ3v) is 12.0. The number of nitrogens with two attached hydrogens (primary N) is 1. The van der Waals surface area contributed by atoms with Crippen LogP contribution in [0.15, 0.2) is 22.0 Å². The topological polar surface area (TPSA) is 368 Å². The van der Waals surface area contributed by atoms with Gasteiger partial charge in [-0.2, -0.15) is 8.62 Å². The molecule has 0 spiro atoms. The molecule has 1 fully saturated rings. The Labute approximate surface area is 313 Å². The lowest BCUT2D eigenvalue weighted by Gasteiger charge is -2.20. The van der Waals surface area contributed by atoms with Crippen LogP contribution in [0.2, 0.25) is 0 Å². The summed E-state index contributed by atoms with van der Waals surface area (Å²) in [6.45, 7) is 0.797. The quantitative estimate of drug-likeness (QED) is 0.0409. The lowest BCUT2D eigenvalue weighted by atomic mass is 10.1. The molecule has 28 heteroatoms. The number of nitrogens with zero attached hydrogens (tertiary/aromatic N) is 4. The zero-order chi connectivity index (χ0) is 40.8. The van der Waals surface area contributed by atoms with E-state index in [9.17, 15) is 52.7 Å². The van der Waals surface area contributed by atoms with Crippen molar-refractivity contribution in [2.75, 3.05) is 32.9 Å². The minimum atomic E-state index is -5.74. The summed E-state index contributed by atoms with van der Waals surface area (Å²) in [7, 11) is -16.5. The molecule has 3 heterocycles. The number of phosphoric acid groups is 3. The summed E-state index contributed by atoms with van der Waals surface area (Å²) >= 11 is 0. The molecule has 55 heavy (non-hydrogen) atoms. The van der Waals surface area contributed by atoms with Crippen LogP contribution in [-0.4, -0.2) is 112 Å². The number of ether oxygens (including phenoxy) is 1. The number of aliphatic hydroxyl groups excluding tert-OH is 2. The highest BCUT2D eigenvalue weighted by atomic mass is 31.3. The standard InChI is InChI=1S/C27H47N8O17P3/c1-18-15-35(27(41)31-25(18)39)24-14-21(37)22(50-24)17-49-54(44,45)52-55(46,47)51-53(42,43)48-12-5-3-2-4-8-29-23(38)7-6-10-34-16-19(32-33-34)13-20(28)26(40)30-9-11-36/h15-16,20-22,24,36-37H,2-14,17,28H2,1H3,(H,29,38)(H,30,40)(H,42,43)(H,44,45)(H,46,47)(H,31,39,41)/t20?,21?,22-,24-/m0/s1. The molecule has 3 rings (SSSR count). The number of phosphoric ester groups is 2. The van der Waals surface area contributed by atoms with E-state index in [4.69, 9.17) is 15.6 Å². The number of unbranched alkanes of at least 4 members (excludes halogenated alkanes) is 3. The summed E-state index contributed by atoms with van der Waals surface area (Å²) < 4.78 is 62.0. The SMILES string of the molecule is Cc1cn([C@@H]2CC(O)[C@H](COP(=O)(O)OP(=O)(O)OP(=O)(O)OCCCCCCNC(=O)CCCn3cc(CC(N)C(=O)NCCO)nn3)O2)c(=O)[nH]c1=O. The van der Waals surface area contributed by atoms with Gasteiger partial charge in [0.1, 0.15) is 12.3 Å². The molecular formula is C27H47N8O17P3. The van der Waals surface area contributed by atoms with Gasteiger partial charge in [-0.3, -0.25) is 37.7 Å². The Morgan fingerprint density at radius 2 is 1.71 bits per heavy atom. The number of nitrogens with one attached hydrogen (secondary N) is 3. The maximum atomic E-state index is 12.3. The molecule has 2 aromatic heterocycles. The molecule has 5 unspecified atom stereocenters. The zero-order valence-corrected chi connectivity index (χ0v) is 32.4. The highest BCUT2D eigenvalue weighted by Crippen LogP contribution is 2.67. The first-order valence-electron chi connectivity index (χ1n) is 17.0. The lowest BCUT2D eigenvalue weighted by molar-refractivity contribution is -0.122. The van der Waals surface area contributed by atoms with E-state index in [1.54, 1.807) is 6.20 Å². The molecule has 2 aromatic rings. The molecule has 25 nitrogen and oxygen atoms in total. The van der Waals surface area contributed by atoms with E-state index in [0.29, 0.717) is 44.5 Å². The number of aliphatic hydroxyl groups is 2. The van der Waals surface area contributed by atoms with Gasteiger partial charge in [0.25, 0.3) is 5.56 Å². The van der Waals surface area contributed by atoms with Crippen LogP contribution in [0.5, 0.6) is 0 Å². The predicted molar refractivity (Wildman–Crippen MR) is 187 cm³/mol. The first kappa shape index (κ1) is 46.4. The van der Waals surface area contributed by atoms with E-state index in [1.165, 1.54) is 17.8 Å². The summed E-state index contributed by atoms with van der Waals surface area (Å²) in [6.07, 6.45) is 1.52. The summed E-state index contributed by atoms with van der Waals surface area (Å²) in [5.41, 5.74) is 5.02. The van der Waals surface area contributed by atoms with Crippen LogP contribution in [0.1, 0.15) is 62.4 Å². The molecular weight excluding hydrogens is 801 g/mol. The molecule has 0 radical (unpaired) electrons. The van der Waals surface area contributed by atoms with Crippen LogP contribution in [-0.2, 0) is 58.7 Å². The molecule has 1 saturated heterocycles. The Morgan fingerprint density at radius 3 is 2.42 bits per heavy atom. The number of aryl methyl sites for hydroxylation is 2. The van der Waals surface area contributed by atoms with Gasteiger partial charge in [-0.1, -0.05) is 18.1 Å². The Hall–Kier alpha value is -2.99. The van der Waals surface area contributed by atoms with Gasteiger partial charge in [-0.05, 0) is 26.2 Å². The fourth-order valence-corrected chi connectivity index (χ4v) is 8.52. The molecule has 10 N–H and O–H groups in total. The van der Waals surface area contributed by atoms with E-state index in [0.717, 1.165) is 4.57 Å². The van der Waals surface area contributed by atoms with Gasteiger partial charge in [0, 0.05) is 56.9 Å². The molecule has 0 saturated carbocycles. The van der Waals surface area contributed by atoms with Crippen LogP contribution < -0.4 is 27.6 Å². The van der Waals surface area contributed by atoms with Crippen molar-refractivity contribution in [1.82, 2.24) is 35.2 Å². The van der Waals surface area contributed by atoms with E-state index in [2.05, 4.69) is 43.6 Å². The van der Waals surface area contributed by atoms with Gasteiger partial charge in [0.05, 0.1) is 37.7 Å². The second-order valence-electron chi connectivity index (χ2n) is 12.3. The van der Waals surface area contributed by atoms with Crippen molar-refractivity contribution in [1.29, 1.82) is 0 Å². The van der Waals surface area contributed by atoms with E-state index in [-0.39, 0.29) is 50.3 Å². The molecule has 312 valence electrons. The lowest BCUT2D eigenvalue weighted by Crippen LogP contribution is -2.43. The molecule has 0 aliphatic carbocycles. The molecule has 0 bridgehead atoms. The summed E-state index contributed by atoms with van der Waals surface area (Å²) in [5, 5.41) is 32.2. The number of aromatic nitrogens is 5. The molecule has 7 atom stereocenters. The molecule has 1 aliphatic rings. The summed E-state index contributed by atoms with van der Waals surface area (Å²) in [5.74, 6) is -0.607. The molecule has 0 aromatic carbocycles. The van der Waals surface area contributed by atoms with Crippen molar-refractivity contribution in [2.45, 2.75) is 89.3 Å². The van der Waals surface area contributed by atoms with Gasteiger partial charge in [0.2, 0.25) is 11.8 Å². The first-order valence-corrected chi connectivity index (χ1v) is 21.4. The molecule has 2 amide bonds. The smallest absolute Gasteiger partial charge is 0.395 e. The van der Waals surface area contributed by atoms with E-state index < -0.39 is 78.3 Å². The van der Waals surface area contributed by atoms with Gasteiger partial charge in [0.15, 0.2) is 0 Å². The largest absolute Gasteiger partial charge is 0.490 e. The second kappa shape index (κ2) is 21.5. The maximum Gasteiger partial charge on any atom is 0.490 e. The Kier molecular flexibility index (Phi) is 18.1. The number of carbonyl (C=O) groups excluding carboxylic acids is 2. The van der Waals surface area contributed by atoms with Crippen LogP contribution in [0.25, 0.3) is 0 Å². The van der Waals surface area contributed by atoms with Gasteiger partial charge in [-0.15, -0.1) is 5.10 Å². The van der Waals surface area contributed by atoms with E-state index >= 15 is 0 Å². The predicted octanol–water partition coefficient (Wildman–Crippen LogP) is -1.41. The average Bonchev–Trinajstić information content (AvgIpc) is 3.69. The number of aromatic amines is 1. The Bertz CT molecular complexity index is 1840. The monoisotopic (exact) mass is 848 g/mol. The van der Waals surface area contributed by atoms with Crippen molar-refractivity contribution in [3.63, 3.8) is 0 Å². The summed E-state index contributed by atoms with van der Waals surface area (Å²) in [4.78, 5) is 79.2. The third-order valence-electron chi connectivity index (χ3n) is 7.68. The van der Waals surface area contributed by atoms with Crippen molar-refractivity contribution in [3.05, 3.63) is 44.5 Å². The minimum Gasteiger partial charge on any atom is -0.395 e. The Morgan fingerprint density at radius 1 is 1.02 bits per heavy atom. The average molecular weight is 849 g/mol. The zero-order valence-electron chi connectivity index (χ0n) is 29.7. The number of rotatable bonds is 25. The van der Waals surface area contributed by atoms with Crippen molar-refractivity contribution >= 4 is 35.3 Å². The summed E-state index contributed by atoms with van der Waals surface area (Å²) in [6, 6.07) is -0.846.